The minimum Gasteiger partial charge on any atom is -0.370 e. The molecule has 5 heteroatoms. The van der Waals surface area contributed by atoms with Crippen LogP contribution in [0.4, 0.5) is 0 Å². The van der Waals surface area contributed by atoms with Crippen molar-refractivity contribution in [3.05, 3.63) is 11.7 Å². The Kier molecular flexibility index (Phi) is 2.44. The highest BCUT2D eigenvalue weighted by Gasteiger charge is 2.43. The van der Waals surface area contributed by atoms with Crippen LogP contribution in [0.15, 0.2) is 4.52 Å². The molecular weight excluding hydrogens is 206 g/mol. The molecule has 88 valence electrons. The zero-order valence-corrected chi connectivity index (χ0v) is 9.53. The van der Waals surface area contributed by atoms with Gasteiger partial charge in [0.2, 0.25) is 11.7 Å². The Balaban J connectivity index is 1.66. The van der Waals surface area contributed by atoms with Crippen LogP contribution in [0, 0.1) is 0 Å². The van der Waals surface area contributed by atoms with Gasteiger partial charge in [0, 0.05) is 13.2 Å². The molecule has 0 saturated heterocycles. The topological polar surface area (TPSA) is 60.2 Å². The summed E-state index contributed by atoms with van der Waals surface area (Å²) in [5, 5.41) is 7.38. The highest BCUT2D eigenvalue weighted by atomic mass is 16.5. The molecule has 1 aromatic rings. The summed E-state index contributed by atoms with van der Waals surface area (Å²) < 4.78 is 10.7. The van der Waals surface area contributed by atoms with E-state index < -0.39 is 0 Å². The first-order chi connectivity index (χ1) is 7.82. The molecule has 0 amide bonds. The quantitative estimate of drug-likeness (QED) is 0.816. The van der Waals surface area contributed by atoms with Gasteiger partial charge in [-0.05, 0) is 32.1 Å². The lowest BCUT2D eigenvalue weighted by Gasteiger charge is -2.37. The van der Waals surface area contributed by atoms with E-state index in [4.69, 9.17) is 9.26 Å². The third-order valence-corrected chi connectivity index (χ3v) is 3.55. The largest absolute Gasteiger partial charge is 0.370 e. The third kappa shape index (κ3) is 1.74. The molecule has 1 aromatic heterocycles. The van der Waals surface area contributed by atoms with E-state index in [1.807, 2.05) is 0 Å². The van der Waals surface area contributed by atoms with Crippen LogP contribution >= 0.6 is 0 Å². The van der Waals surface area contributed by atoms with Crippen molar-refractivity contribution in [1.29, 1.82) is 0 Å². The maximum absolute atomic E-state index is 5.51. The lowest BCUT2D eigenvalue weighted by molar-refractivity contribution is -0.0858. The second-order valence-corrected chi connectivity index (χ2v) is 4.72. The average Bonchev–Trinajstić information content (AvgIpc) is 2.95. The molecule has 0 bridgehead atoms. The summed E-state index contributed by atoms with van der Waals surface area (Å²) in [5.41, 5.74) is -0.263. The van der Waals surface area contributed by atoms with E-state index in [-0.39, 0.29) is 5.60 Å². The predicted molar refractivity (Wildman–Crippen MR) is 56.7 cm³/mol. The molecule has 0 unspecified atom stereocenters. The number of methoxy groups -OCH3 is 1. The maximum atomic E-state index is 5.51. The van der Waals surface area contributed by atoms with Crippen LogP contribution in [-0.2, 0) is 16.9 Å². The summed E-state index contributed by atoms with van der Waals surface area (Å²) in [5.74, 6) is 1.39. The van der Waals surface area contributed by atoms with Crippen molar-refractivity contribution in [1.82, 2.24) is 15.5 Å². The van der Waals surface area contributed by atoms with Gasteiger partial charge in [0.25, 0.3) is 0 Å². The minimum atomic E-state index is -0.263. The van der Waals surface area contributed by atoms with Crippen LogP contribution < -0.4 is 5.32 Å². The number of rotatable bonds is 5. The number of nitrogens with zero attached hydrogens (tertiary/aromatic N) is 2. The Morgan fingerprint density at radius 2 is 2.31 bits per heavy atom. The van der Waals surface area contributed by atoms with Crippen LogP contribution in [0.3, 0.4) is 0 Å². The van der Waals surface area contributed by atoms with Gasteiger partial charge in [0.15, 0.2) is 0 Å². The summed E-state index contributed by atoms with van der Waals surface area (Å²) in [6.07, 6.45) is 5.71. The van der Waals surface area contributed by atoms with Gasteiger partial charge in [-0.1, -0.05) is 5.16 Å². The van der Waals surface area contributed by atoms with Gasteiger partial charge in [0.05, 0.1) is 6.54 Å². The summed E-state index contributed by atoms with van der Waals surface area (Å²) in [6, 6.07) is 0.662. The van der Waals surface area contributed by atoms with Crippen molar-refractivity contribution < 1.29 is 9.26 Å². The SMILES string of the molecule is COC1(c2noc(CNC3CC3)n2)CCC1. The Morgan fingerprint density at radius 1 is 1.50 bits per heavy atom. The number of hydrogen-bond acceptors (Lipinski definition) is 5. The molecule has 2 aliphatic carbocycles. The molecule has 2 saturated carbocycles. The average molecular weight is 223 g/mol. The first-order valence-corrected chi connectivity index (χ1v) is 5.94. The lowest BCUT2D eigenvalue weighted by atomic mass is 9.79. The van der Waals surface area contributed by atoms with Gasteiger partial charge >= 0.3 is 0 Å². The van der Waals surface area contributed by atoms with Gasteiger partial charge < -0.3 is 14.6 Å². The fourth-order valence-electron chi connectivity index (χ4n) is 2.05. The van der Waals surface area contributed by atoms with Crippen LogP contribution in [-0.4, -0.2) is 23.3 Å². The fourth-order valence-corrected chi connectivity index (χ4v) is 2.05. The number of aromatic nitrogens is 2. The molecule has 16 heavy (non-hydrogen) atoms. The van der Waals surface area contributed by atoms with Crippen LogP contribution in [0.25, 0.3) is 0 Å². The Bertz CT molecular complexity index is 364. The van der Waals surface area contributed by atoms with Crippen LogP contribution in [0.2, 0.25) is 0 Å². The third-order valence-electron chi connectivity index (χ3n) is 3.55. The molecule has 1 heterocycles. The van der Waals surface area contributed by atoms with E-state index in [0.717, 1.165) is 12.8 Å². The summed E-state index contributed by atoms with van der Waals surface area (Å²) in [4.78, 5) is 4.41. The first-order valence-electron chi connectivity index (χ1n) is 5.94. The molecule has 5 nitrogen and oxygen atoms in total. The smallest absolute Gasteiger partial charge is 0.240 e. The Morgan fingerprint density at radius 3 is 2.88 bits per heavy atom. The number of hydrogen-bond donors (Lipinski definition) is 1. The standard InChI is InChI=1S/C11H17N3O2/c1-15-11(5-2-6-11)10-13-9(16-14-10)7-12-8-3-4-8/h8,12H,2-7H2,1H3. The summed E-state index contributed by atoms with van der Waals surface area (Å²) in [7, 11) is 1.72. The van der Waals surface area contributed by atoms with Gasteiger partial charge in [-0.15, -0.1) is 0 Å². The van der Waals surface area contributed by atoms with Gasteiger partial charge in [-0.2, -0.15) is 4.98 Å². The van der Waals surface area contributed by atoms with E-state index in [1.54, 1.807) is 7.11 Å². The number of ether oxygens (including phenoxy) is 1. The molecule has 2 fully saturated rings. The normalized spacial score (nSPS) is 23.1. The zero-order valence-electron chi connectivity index (χ0n) is 9.53. The summed E-state index contributed by atoms with van der Waals surface area (Å²) in [6.45, 7) is 0.678. The fraction of sp³-hybridized carbons (Fsp3) is 0.818. The Hall–Kier alpha value is -0.940. The van der Waals surface area contributed by atoms with Crippen molar-refractivity contribution in [2.24, 2.45) is 0 Å². The van der Waals surface area contributed by atoms with E-state index in [1.165, 1.54) is 19.3 Å². The first kappa shape index (κ1) is 10.2. The highest BCUT2D eigenvalue weighted by Crippen LogP contribution is 2.42. The van der Waals surface area contributed by atoms with Gasteiger partial charge in [0.1, 0.15) is 5.60 Å². The van der Waals surface area contributed by atoms with E-state index in [2.05, 4.69) is 15.5 Å². The van der Waals surface area contributed by atoms with E-state index >= 15 is 0 Å². The van der Waals surface area contributed by atoms with E-state index in [9.17, 15) is 0 Å². The summed E-state index contributed by atoms with van der Waals surface area (Å²) >= 11 is 0. The van der Waals surface area contributed by atoms with Crippen molar-refractivity contribution in [2.75, 3.05) is 7.11 Å². The molecule has 0 atom stereocenters. The second-order valence-electron chi connectivity index (χ2n) is 4.72. The van der Waals surface area contributed by atoms with Crippen molar-refractivity contribution in [2.45, 2.75) is 50.3 Å². The molecule has 0 spiro atoms. The molecule has 2 aliphatic rings. The number of nitrogens with one attached hydrogen (secondary N) is 1. The molecule has 0 radical (unpaired) electrons. The molecular formula is C11H17N3O2. The van der Waals surface area contributed by atoms with E-state index in [0.29, 0.717) is 24.3 Å². The Labute approximate surface area is 94.6 Å². The molecule has 1 N–H and O–H groups in total. The predicted octanol–water partition coefficient (Wildman–Crippen LogP) is 1.35. The van der Waals surface area contributed by atoms with Crippen LogP contribution in [0.1, 0.15) is 43.8 Å². The van der Waals surface area contributed by atoms with Gasteiger partial charge in [-0.3, -0.25) is 0 Å². The van der Waals surface area contributed by atoms with Crippen LogP contribution in [0.5, 0.6) is 0 Å². The zero-order chi connectivity index (χ0) is 11.0. The second kappa shape index (κ2) is 3.82. The molecule has 0 aliphatic heterocycles. The minimum absolute atomic E-state index is 0.263. The molecule has 3 rings (SSSR count). The highest BCUT2D eigenvalue weighted by molar-refractivity contribution is 5.06. The van der Waals surface area contributed by atoms with Crippen molar-refractivity contribution in [3.63, 3.8) is 0 Å². The molecule has 0 aromatic carbocycles. The van der Waals surface area contributed by atoms with Crippen molar-refractivity contribution >= 4 is 0 Å². The van der Waals surface area contributed by atoms with Gasteiger partial charge in [-0.25, -0.2) is 0 Å². The maximum Gasteiger partial charge on any atom is 0.240 e. The lowest BCUT2D eigenvalue weighted by Crippen LogP contribution is -2.37. The van der Waals surface area contributed by atoms with Crippen molar-refractivity contribution in [3.8, 4) is 0 Å². The monoisotopic (exact) mass is 223 g/mol.